The molecule has 28 heavy (non-hydrogen) atoms. The summed E-state index contributed by atoms with van der Waals surface area (Å²) < 4.78 is 16.2. The van der Waals surface area contributed by atoms with Gasteiger partial charge in [-0.1, -0.05) is 24.3 Å². The second-order valence-electron chi connectivity index (χ2n) is 6.63. The molecule has 0 bridgehead atoms. The highest BCUT2D eigenvalue weighted by Gasteiger charge is 2.11. The second-order valence-corrected chi connectivity index (χ2v) is 6.63. The first-order chi connectivity index (χ1) is 13.8. The predicted molar refractivity (Wildman–Crippen MR) is 111 cm³/mol. The Morgan fingerprint density at radius 2 is 2.04 bits per heavy atom. The number of rotatable bonds is 9. The van der Waals surface area contributed by atoms with Crippen LogP contribution in [-0.2, 0) is 24.1 Å². The number of methoxy groups -OCH3 is 1. The topological polar surface area (TPSA) is 64.1 Å². The maximum atomic E-state index is 5.66. The van der Waals surface area contributed by atoms with Gasteiger partial charge in [0.25, 0.3) is 0 Å². The second kappa shape index (κ2) is 10.6. The van der Waals surface area contributed by atoms with Crippen molar-refractivity contribution in [1.82, 2.24) is 10.6 Å². The minimum atomic E-state index is 0.547. The van der Waals surface area contributed by atoms with Crippen molar-refractivity contribution in [2.75, 3.05) is 40.5 Å². The molecule has 0 amide bonds. The van der Waals surface area contributed by atoms with Crippen LogP contribution in [0.25, 0.3) is 0 Å². The van der Waals surface area contributed by atoms with Gasteiger partial charge in [0.2, 0.25) is 0 Å². The molecule has 0 radical (unpaired) electrons. The van der Waals surface area contributed by atoms with Crippen molar-refractivity contribution in [2.24, 2.45) is 4.99 Å². The van der Waals surface area contributed by atoms with E-state index in [1.54, 1.807) is 14.2 Å². The lowest BCUT2D eigenvalue weighted by Crippen LogP contribution is -2.37. The van der Waals surface area contributed by atoms with Crippen molar-refractivity contribution >= 4 is 5.96 Å². The number of hydrogen-bond acceptors (Lipinski definition) is 4. The molecule has 6 nitrogen and oxygen atoms in total. The van der Waals surface area contributed by atoms with Gasteiger partial charge in [0, 0.05) is 33.7 Å². The Balaban J connectivity index is 1.43. The van der Waals surface area contributed by atoms with E-state index in [0.717, 1.165) is 49.0 Å². The Bertz CT molecular complexity index is 792. The van der Waals surface area contributed by atoms with E-state index in [1.165, 1.54) is 11.1 Å². The molecule has 3 rings (SSSR count). The van der Waals surface area contributed by atoms with Gasteiger partial charge in [-0.05, 0) is 41.3 Å². The number of aliphatic imine (C=N–C) groups is 1. The van der Waals surface area contributed by atoms with Gasteiger partial charge in [-0.2, -0.15) is 0 Å². The summed E-state index contributed by atoms with van der Waals surface area (Å²) in [7, 11) is 3.45. The number of fused-ring (bicyclic) bond motifs is 1. The van der Waals surface area contributed by atoms with Crippen molar-refractivity contribution in [3.63, 3.8) is 0 Å². The predicted octanol–water partition coefficient (Wildman–Crippen LogP) is 2.55. The van der Waals surface area contributed by atoms with Gasteiger partial charge in [0.15, 0.2) is 5.96 Å². The molecule has 0 spiro atoms. The zero-order chi connectivity index (χ0) is 19.6. The number of nitrogens with one attached hydrogen (secondary N) is 2. The number of nitrogens with zero attached hydrogens (tertiary/aromatic N) is 1. The van der Waals surface area contributed by atoms with Crippen molar-refractivity contribution < 1.29 is 14.2 Å². The van der Waals surface area contributed by atoms with Gasteiger partial charge in [-0.25, -0.2) is 0 Å². The van der Waals surface area contributed by atoms with E-state index in [0.29, 0.717) is 19.8 Å². The SMILES string of the molecule is CN=C(NCCc1ccc2c(c1)CCO2)NCc1cccc(OCCOC)c1. The molecule has 0 atom stereocenters. The summed E-state index contributed by atoms with van der Waals surface area (Å²) >= 11 is 0. The molecule has 1 aliphatic heterocycles. The van der Waals surface area contributed by atoms with Crippen LogP contribution in [0.3, 0.4) is 0 Å². The molecule has 1 heterocycles. The lowest BCUT2D eigenvalue weighted by Gasteiger charge is -2.13. The van der Waals surface area contributed by atoms with E-state index in [9.17, 15) is 0 Å². The van der Waals surface area contributed by atoms with Gasteiger partial charge < -0.3 is 24.8 Å². The molecule has 0 saturated heterocycles. The van der Waals surface area contributed by atoms with E-state index in [2.05, 4.69) is 39.9 Å². The molecule has 0 saturated carbocycles. The highest BCUT2D eigenvalue weighted by atomic mass is 16.5. The van der Waals surface area contributed by atoms with Gasteiger partial charge in [0.1, 0.15) is 18.1 Å². The summed E-state index contributed by atoms with van der Waals surface area (Å²) in [5.74, 6) is 2.66. The van der Waals surface area contributed by atoms with Crippen LogP contribution >= 0.6 is 0 Å². The van der Waals surface area contributed by atoms with Crippen LogP contribution in [0.15, 0.2) is 47.5 Å². The highest BCUT2D eigenvalue weighted by Crippen LogP contribution is 2.25. The Labute approximate surface area is 166 Å². The van der Waals surface area contributed by atoms with Crippen LogP contribution < -0.4 is 20.1 Å². The zero-order valence-corrected chi connectivity index (χ0v) is 16.7. The van der Waals surface area contributed by atoms with Gasteiger partial charge >= 0.3 is 0 Å². The molecular formula is C22H29N3O3. The monoisotopic (exact) mass is 383 g/mol. The molecule has 0 fully saturated rings. The third kappa shape index (κ3) is 5.89. The van der Waals surface area contributed by atoms with Crippen LogP contribution in [0.4, 0.5) is 0 Å². The maximum absolute atomic E-state index is 5.66. The summed E-state index contributed by atoms with van der Waals surface area (Å²) in [4.78, 5) is 4.30. The molecule has 0 aromatic heterocycles. The van der Waals surface area contributed by atoms with Crippen molar-refractivity contribution in [2.45, 2.75) is 19.4 Å². The zero-order valence-electron chi connectivity index (χ0n) is 16.7. The molecule has 150 valence electrons. The highest BCUT2D eigenvalue weighted by molar-refractivity contribution is 5.79. The molecule has 2 aromatic carbocycles. The van der Waals surface area contributed by atoms with Crippen LogP contribution in [0.1, 0.15) is 16.7 Å². The lowest BCUT2D eigenvalue weighted by molar-refractivity contribution is 0.146. The third-order valence-electron chi connectivity index (χ3n) is 4.60. The average molecular weight is 383 g/mol. The fraction of sp³-hybridized carbons (Fsp3) is 0.409. The number of guanidine groups is 1. The van der Waals surface area contributed by atoms with Gasteiger partial charge in [0.05, 0.1) is 13.2 Å². The smallest absolute Gasteiger partial charge is 0.191 e. The standard InChI is InChI=1S/C22H29N3O3/c1-23-22(24-10-8-17-6-7-21-19(14-17)9-11-28-21)25-16-18-4-3-5-20(15-18)27-13-12-26-2/h3-7,14-15H,8-13,16H2,1-2H3,(H2,23,24,25). The Morgan fingerprint density at radius 3 is 2.89 bits per heavy atom. The first kappa shape index (κ1) is 20.0. The molecule has 2 N–H and O–H groups in total. The first-order valence-electron chi connectivity index (χ1n) is 9.68. The van der Waals surface area contributed by atoms with E-state index in [1.807, 2.05) is 18.2 Å². The van der Waals surface area contributed by atoms with Crippen LogP contribution in [0.2, 0.25) is 0 Å². The molecule has 0 aliphatic carbocycles. The summed E-state index contributed by atoms with van der Waals surface area (Å²) in [6.07, 6.45) is 1.95. The number of benzene rings is 2. The molecular weight excluding hydrogens is 354 g/mol. The quantitative estimate of drug-likeness (QED) is 0.396. The van der Waals surface area contributed by atoms with Crippen molar-refractivity contribution in [1.29, 1.82) is 0 Å². The summed E-state index contributed by atoms with van der Waals surface area (Å²) in [5, 5.41) is 6.72. The fourth-order valence-electron chi connectivity index (χ4n) is 3.12. The van der Waals surface area contributed by atoms with E-state index >= 15 is 0 Å². The fourth-order valence-corrected chi connectivity index (χ4v) is 3.12. The van der Waals surface area contributed by atoms with Crippen LogP contribution in [-0.4, -0.2) is 46.5 Å². The lowest BCUT2D eigenvalue weighted by atomic mass is 10.1. The van der Waals surface area contributed by atoms with E-state index in [4.69, 9.17) is 14.2 Å². The molecule has 0 unspecified atom stereocenters. The Kier molecular flexibility index (Phi) is 7.55. The summed E-state index contributed by atoms with van der Waals surface area (Å²) in [6, 6.07) is 14.5. The molecule has 6 heteroatoms. The summed E-state index contributed by atoms with van der Waals surface area (Å²) in [6.45, 7) is 3.42. The maximum Gasteiger partial charge on any atom is 0.191 e. The van der Waals surface area contributed by atoms with Crippen LogP contribution in [0.5, 0.6) is 11.5 Å². The number of ether oxygens (including phenoxy) is 3. The Morgan fingerprint density at radius 1 is 1.11 bits per heavy atom. The minimum Gasteiger partial charge on any atom is -0.493 e. The van der Waals surface area contributed by atoms with Crippen LogP contribution in [0, 0.1) is 0 Å². The van der Waals surface area contributed by atoms with Crippen molar-refractivity contribution in [3.05, 3.63) is 59.2 Å². The van der Waals surface area contributed by atoms with Crippen molar-refractivity contribution in [3.8, 4) is 11.5 Å². The van der Waals surface area contributed by atoms with Gasteiger partial charge in [-0.15, -0.1) is 0 Å². The van der Waals surface area contributed by atoms with E-state index in [-0.39, 0.29) is 0 Å². The molecule has 1 aliphatic rings. The first-order valence-corrected chi connectivity index (χ1v) is 9.68. The average Bonchev–Trinajstić information content (AvgIpc) is 3.19. The van der Waals surface area contributed by atoms with Gasteiger partial charge in [-0.3, -0.25) is 4.99 Å². The largest absolute Gasteiger partial charge is 0.493 e. The van der Waals surface area contributed by atoms with E-state index < -0.39 is 0 Å². The molecule has 2 aromatic rings. The Hall–Kier alpha value is -2.73. The third-order valence-corrected chi connectivity index (χ3v) is 4.60. The minimum absolute atomic E-state index is 0.547. The normalized spacial score (nSPS) is 13.0. The summed E-state index contributed by atoms with van der Waals surface area (Å²) in [5.41, 5.74) is 3.76. The number of hydrogen-bond donors (Lipinski definition) is 2.